The fraction of sp³-hybridized carbons (Fsp3) is 0.333. The van der Waals surface area contributed by atoms with Crippen molar-refractivity contribution < 1.29 is 0 Å². The van der Waals surface area contributed by atoms with E-state index in [1.165, 1.54) is 0 Å². The van der Waals surface area contributed by atoms with Crippen LogP contribution in [0, 0.1) is 6.92 Å². The zero-order valence-electron chi connectivity index (χ0n) is 9.03. The van der Waals surface area contributed by atoms with Gasteiger partial charge in [-0.05, 0) is 25.5 Å². The van der Waals surface area contributed by atoms with Gasteiger partial charge in [0.25, 0.3) is 5.56 Å². The molecule has 1 aromatic heterocycles. The van der Waals surface area contributed by atoms with Crippen LogP contribution in [-0.4, -0.2) is 9.55 Å². The molecule has 1 aromatic carbocycles. The lowest BCUT2D eigenvalue weighted by Crippen LogP contribution is -2.12. The van der Waals surface area contributed by atoms with Crippen LogP contribution in [0.2, 0.25) is 0 Å². The summed E-state index contributed by atoms with van der Waals surface area (Å²) in [6.45, 7) is 4.99. The van der Waals surface area contributed by atoms with Gasteiger partial charge in [-0.25, -0.2) is 0 Å². The lowest BCUT2D eigenvalue weighted by molar-refractivity contribution is 0.683. The van der Waals surface area contributed by atoms with E-state index in [4.69, 9.17) is 0 Å². The van der Waals surface area contributed by atoms with Crippen molar-refractivity contribution >= 4 is 10.9 Å². The summed E-state index contributed by atoms with van der Waals surface area (Å²) in [5, 5.41) is 0.714. The van der Waals surface area contributed by atoms with Gasteiger partial charge in [0.05, 0.1) is 17.2 Å². The Morgan fingerprint density at radius 2 is 2.20 bits per heavy atom. The number of hydrogen-bond acceptors (Lipinski definition) is 2. The van der Waals surface area contributed by atoms with Gasteiger partial charge in [0, 0.05) is 6.54 Å². The molecule has 0 atom stereocenters. The van der Waals surface area contributed by atoms with Crippen molar-refractivity contribution in [3.63, 3.8) is 0 Å². The molecule has 78 valence electrons. The number of rotatable bonds is 2. The lowest BCUT2D eigenvalue weighted by atomic mass is 10.1. The Bertz CT molecular complexity index is 543. The Morgan fingerprint density at radius 1 is 1.40 bits per heavy atom. The summed E-state index contributed by atoms with van der Waals surface area (Å²) in [6, 6.07) is 5.91. The highest BCUT2D eigenvalue weighted by Crippen LogP contribution is 2.11. The summed E-state index contributed by atoms with van der Waals surface area (Å²) in [7, 11) is 0. The lowest BCUT2D eigenvalue weighted by Gasteiger charge is -2.08. The quantitative estimate of drug-likeness (QED) is 0.747. The molecule has 0 N–H and O–H groups in total. The van der Waals surface area contributed by atoms with E-state index < -0.39 is 0 Å². The van der Waals surface area contributed by atoms with Crippen molar-refractivity contribution in [1.82, 2.24) is 9.55 Å². The van der Waals surface area contributed by atoms with Crippen molar-refractivity contribution in [2.45, 2.75) is 26.8 Å². The highest BCUT2D eigenvalue weighted by molar-refractivity contribution is 5.78. The Morgan fingerprint density at radius 3 is 2.93 bits per heavy atom. The molecular formula is C12H14N2O. The molecule has 2 rings (SSSR count). The molecule has 0 fully saturated rings. The van der Waals surface area contributed by atoms with Gasteiger partial charge in [0.1, 0.15) is 0 Å². The minimum absolute atomic E-state index is 0.138. The molecule has 0 amide bonds. The topological polar surface area (TPSA) is 34.9 Å². The summed E-state index contributed by atoms with van der Waals surface area (Å²) in [5.41, 5.74) is 1.93. The van der Waals surface area contributed by atoms with Crippen LogP contribution in [0.15, 0.2) is 29.3 Å². The van der Waals surface area contributed by atoms with Gasteiger partial charge < -0.3 is 4.57 Å². The van der Waals surface area contributed by atoms with Crippen LogP contribution >= 0.6 is 0 Å². The first-order valence-electron chi connectivity index (χ1n) is 5.18. The van der Waals surface area contributed by atoms with Gasteiger partial charge in [-0.3, -0.25) is 4.79 Å². The first-order chi connectivity index (χ1) is 7.22. The van der Waals surface area contributed by atoms with Gasteiger partial charge in [-0.15, -0.1) is 0 Å². The predicted octanol–water partition coefficient (Wildman–Crippen LogP) is 2.11. The molecule has 2 aromatic rings. The normalized spacial score (nSPS) is 10.8. The van der Waals surface area contributed by atoms with Crippen molar-refractivity contribution in [2.24, 2.45) is 0 Å². The van der Waals surface area contributed by atoms with E-state index >= 15 is 0 Å². The largest absolute Gasteiger partial charge is 0.332 e. The second kappa shape index (κ2) is 3.85. The van der Waals surface area contributed by atoms with Crippen LogP contribution in [0.25, 0.3) is 10.9 Å². The molecule has 0 saturated carbocycles. The van der Waals surface area contributed by atoms with E-state index in [9.17, 15) is 4.79 Å². The minimum atomic E-state index is -0.138. The zero-order valence-corrected chi connectivity index (χ0v) is 9.03. The summed E-state index contributed by atoms with van der Waals surface area (Å²) in [5.74, 6) is 0. The SMILES string of the molecule is CCCn1cnc(=O)c2cc(C)ccc21. The number of nitrogens with zero attached hydrogens (tertiary/aromatic N) is 2. The minimum Gasteiger partial charge on any atom is -0.332 e. The number of aromatic nitrogens is 2. The third-order valence-electron chi connectivity index (χ3n) is 2.47. The third-order valence-corrected chi connectivity index (χ3v) is 2.47. The number of aryl methyl sites for hydroxylation is 2. The third kappa shape index (κ3) is 1.77. The Labute approximate surface area is 88.4 Å². The van der Waals surface area contributed by atoms with Crippen LogP contribution in [0.4, 0.5) is 0 Å². The van der Waals surface area contributed by atoms with Crippen LogP contribution in [0.1, 0.15) is 18.9 Å². The summed E-state index contributed by atoms with van der Waals surface area (Å²) >= 11 is 0. The monoisotopic (exact) mass is 202 g/mol. The molecule has 0 unspecified atom stereocenters. The maximum Gasteiger partial charge on any atom is 0.280 e. The molecule has 0 aliphatic heterocycles. The molecule has 0 radical (unpaired) electrons. The fourth-order valence-electron chi connectivity index (χ4n) is 1.74. The molecule has 0 aliphatic carbocycles. The summed E-state index contributed by atoms with van der Waals surface area (Å²) < 4.78 is 2.02. The van der Waals surface area contributed by atoms with Crippen molar-refractivity contribution in [3.8, 4) is 0 Å². The molecule has 0 spiro atoms. The molecule has 0 saturated heterocycles. The van der Waals surface area contributed by atoms with E-state index in [0.717, 1.165) is 24.0 Å². The Kier molecular flexibility index (Phi) is 2.54. The molecule has 0 aliphatic rings. The van der Waals surface area contributed by atoms with Crippen LogP contribution in [0.3, 0.4) is 0 Å². The van der Waals surface area contributed by atoms with E-state index in [1.54, 1.807) is 6.33 Å². The fourth-order valence-corrected chi connectivity index (χ4v) is 1.74. The first-order valence-corrected chi connectivity index (χ1v) is 5.18. The molecule has 15 heavy (non-hydrogen) atoms. The zero-order chi connectivity index (χ0) is 10.8. The van der Waals surface area contributed by atoms with Gasteiger partial charge >= 0.3 is 0 Å². The van der Waals surface area contributed by atoms with Crippen molar-refractivity contribution in [1.29, 1.82) is 0 Å². The van der Waals surface area contributed by atoms with Crippen molar-refractivity contribution in [3.05, 3.63) is 40.4 Å². The average molecular weight is 202 g/mol. The van der Waals surface area contributed by atoms with E-state index in [2.05, 4.69) is 11.9 Å². The molecule has 3 heteroatoms. The first kappa shape index (κ1) is 9.90. The molecule has 0 bridgehead atoms. The Balaban J connectivity index is 2.76. The summed E-state index contributed by atoms with van der Waals surface area (Å²) in [6.07, 6.45) is 2.66. The van der Waals surface area contributed by atoms with Gasteiger partial charge in [-0.2, -0.15) is 4.98 Å². The predicted molar refractivity (Wildman–Crippen MR) is 61.0 cm³/mol. The highest BCUT2D eigenvalue weighted by Gasteiger charge is 2.02. The maximum absolute atomic E-state index is 11.6. The van der Waals surface area contributed by atoms with Crippen molar-refractivity contribution in [2.75, 3.05) is 0 Å². The highest BCUT2D eigenvalue weighted by atomic mass is 16.1. The average Bonchev–Trinajstić information content (AvgIpc) is 2.23. The molecule has 1 heterocycles. The maximum atomic E-state index is 11.6. The number of benzene rings is 1. The van der Waals surface area contributed by atoms with Crippen LogP contribution in [-0.2, 0) is 6.54 Å². The van der Waals surface area contributed by atoms with Gasteiger partial charge in [0.15, 0.2) is 0 Å². The van der Waals surface area contributed by atoms with Crippen LogP contribution in [0.5, 0.6) is 0 Å². The van der Waals surface area contributed by atoms with E-state index in [1.807, 2.05) is 29.7 Å². The number of fused-ring (bicyclic) bond motifs is 1. The molecule has 3 nitrogen and oxygen atoms in total. The van der Waals surface area contributed by atoms with E-state index in [0.29, 0.717) is 5.39 Å². The van der Waals surface area contributed by atoms with Gasteiger partial charge in [0.2, 0.25) is 0 Å². The number of hydrogen-bond donors (Lipinski definition) is 0. The second-order valence-corrected chi connectivity index (χ2v) is 3.76. The van der Waals surface area contributed by atoms with Crippen LogP contribution < -0.4 is 5.56 Å². The smallest absolute Gasteiger partial charge is 0.280 e. The second-order valence-electron chi connectivity index (χ2n) is 3.76. The standard InChI is InChI=1S/C12H14N2O/c1-3-6-14-8-13-12(15)10-7-9(2)4-5-11(10)14/h4-5,7-8H,3,6H2,1-2H3. The summed E-state index contributed by atoms with van der Waals surface area (Å²) in [4.78, 5) is 15.4. The van der Waals surface area contributed by atoms with Gasteiger partial charge in [-0.1, -0.05) is 18.6 Å². The Hall–Kier alpha value is -1.64. The van der Waals surface area contributed by atoms with E-state index in [-0.39, 0.29) is 5.56 Å². The molecular weight excluding hydrogens is 188 g/mol.